The normalized spacial score (nSPS) is 17.0. The van der Waals surface area contributed by atoms with Crippen LogP contribution >= 0.6 is 11.3 Å². The van der Waals surface area contributed by atoms with Gasteiger partial charge in [-0.2, -0.15) is 0 Å². The predicted molar refractivity (Wildman–Crippen MR) is 140 cm³/mol. The highest BCUT2D eigenvalue weighted by molar-refractivity contribution is 7.07. The molecular formula is C29H25N3OS. The number of aromatic nitrogens is 1. The van der Waals surface area contributed by atoms with Gasteiger partial charge in [-0.3, -0.25) is 9.36 Å². The fourth-order valence-electron chi connectivity index (χ4n) is 4.98. The first-order valence-corrected chi connectivity index (χ1v) is 12.4. The summed E-state index contributed by atoms with van der Waals surface area (Å²) in [4.78, 5) is 21.7. The number of hydrogen-bond acceptors (Lipinski definition) is 4. The average Bonchev–Trinajstić information content (AvgIpc) is 3.18. The highest BCUT2D eigenvalue weighted by Crippen LogP contribution is 2.41. The largest absolute Gasteiger partial charge is 0.378 e. The van der Waals surface area contributed by atoms with Gasteiger partial charge in [-0.1, -0.05) is 78.1 Å². The molecule has 0 bridgehead atoms. The molecule has 2 heterocycles. The molecule has 0 radical (unpaired) electrons. The second kappa shape index (κ2) is 8.26. The molecule has 0 saturated carbocycles. The number of thiazole rings is 1. The van der Waals surface area contributed by atoms with Crippen LogP contribution in [0, 0.1) is 0 Å². The number of fused-ring (bicyclic) bond motifs is 3. The van der Waals surface area contributed by atoms with Crippen LogP contribution in [0.5, 0.6) is 0 Å². The molecule has 1 atom stereocenters. The highest BCUT2D eigenvalue weighted by Gasteiger charge is 2.32. The SMILES string of the molecule is CN(C)c1ccc(/C=c2\sc3n(c2=O)[C@@H](c2ccccc2)C2=C(N=3)c3ccccc3CC2)cc1. The molecule has 168 valence electrons. The zero-order chi connectivity index (χ0) is 23.2. The summed E-state index contributed by atoms with van der Waals surface area (Å²) < 4.78 is 2.62. The van der Waals surface area contributed by atoms with Crippen molar-refractivity contribution in [3.05, 3.63) is 126 Å². The van der Waals surface area contributed by atoms with Gasteiger partial charge in [0.1, 0.15) is 0 Å². The van der Waals surface area contributed by atoms with Gasteiger partial charge in [0.2, 0.25) is 0 Å². The molecule has 0 fully saturated rings. The maximum absolute atomic E-state index is 13.7. The summed E-state index contributed by atoms with van der Waals surface area (Å²) in [7, 11) is 4.05. The monoisotopic (exact) mass is 463 g/mol. The lowest BCUT2D eigenvalue weighted by Gasteiger charge is -2.30. The summed E-state index contributed by atoms with van der Waals surface area (Å²) in [5.41, 5.74) is 8.11. The Kier molecular flexibility index (Phi) is 5.07. The summed E-state index contributed by atoms with van der Waals surface area (Å²) in [5.74, 6) is 0. The first kappa shape index (κ1) is 20.9. The number of allylic oxidation sites excluding steroid dienone is 1. The van der Waals surface area contributed by atoms with Crippen molar-refractivity contribution >= 4 is 28.8 Å². The molecule has 3 aromatic carbocycles. The quantitative estimate of drug-likeness (QED) is 0.452. The van der Waals surface area contributed by atoms with E-state index in [1.165, 1.54) is 28.0 Å². The first-order valence-electron chi connectivity index (χ1n) is 11.6. The lowest BCUT2D eigenvalue weighted by Crippen LogP contribution is -2.38. The molecule has 0 unspecified atom stereocenters. The van der Waals surface area contributed by atoms with E-state index in [1.54, 1.807) is 0 Å². The van der Waals surface area contributed by atoms with Crippen LogP contribution in [-0.2, 0) is 6.42 Å². The van der Waals surface area contributed by atoms with Crippen molar-refractivity contribution in [1.29, 1.82) is 0 Å². The van der Waals surface area contributed by atoms with Crippen LogP contribution in [0.15, 0.2) is 94.2 Å². The van der Waals surface area contributed by atoms with E-state index in [-0.39, 0.29) is 11.6 Å². The minimum atomic E-state index is -0.126. The van der Waals surface area contributed by atoms with E-state index in [4.69, 9.17) is 4.99 Å². The summed E-state index contributed by atoms with van der Waals surface area (Å²) in [6.45, 7) is 0. The van der Waals surface area contributed by atoms with Gasteiger partial charge in [-0.15, -0.1) is 0 Å². The van der Waals surface area contributed by atoms with Crippen LogP contribution in [0.4, 0.5) is 5.69 Å². The Hall–Kier alpha value is -3.70. The first-order chi connectivity index (χ1) is 16.6. The third-order valence-corrected chi connectivity index (χ3v) is 7.68. The van der Waals surface area contributed by atoms with Crippen molar-refractivity contribution in [3.8, 4) is 0 Å². The third kappa shape index (κ3) is 3.44. The minimum Gasteiger partial charge on any atom is -0.378 e. The van der Waals surface area contributed by atoms with Crippen LogP contribution in [0.25, 0.3) is 11.8 Å². The number of rotatable bonds is 3. The predicted octanol–water partition coefficient (Wildman–Crippen LogP) is 4.38. The molecule has 1 aliphatic carbocycles. The van der Waals surface area contributed by atoms with E-state index in [9.17, 15) is 4.79 Å². The Morgan fingerprint density at radius 1 is 0.941 bits per heavy atom. The Labute approximate surface area is 202 Å². The van der Waals surface area contributed by atoms with Crippen molar-refractivity contribution in [2.75, 3.05) is 19.0 Å². The third-order valence-electron chi connectivity index (χ3n) is 6.70. The summed E-state index contributed by atoms with van der Waals surface area (Å²) in [6.07, 6.45) is 3.86. The second-order valence-corrected chi connectivity index (χ2v) is 10.0. The Morgan fingerprint density at radius 2 is 1.68 bits per heavy atom. The number of aryl methyl sites for hydroxylation is 1. The molecule has 4 nitrogen and oxygen atoms in total. The fraction of sp³-hybridized carbons (Fsp3) is 0.172. The fourth-order valence-corrected chi connectivity index (χ4v) is 5.98. The van der Waals surface area contributed by atoms with Gasteiger partial charge in [-0.05, 0) is 53.3 Å². The van der Waals surface area contributed by atoms with Gasteiger partial charge in [0, 0.05) is 25.3 Å². The molecule has 1 aliphatic heterocycles. The number of benzene rings is 3. The van der Waals surface area contributed by atoms with Gasteiger partial charge in [0.15, 0.2) is 4.80 Å². The van der Waals surface area contributed by atoms with E-state index in [1.807, 2.05) is 30.8 Å². The standard InChI is InChI=1S/C29H25N3OS/c1-31(2)22-15-12-19(13-16-22)18-25-28(33)32-27(21-9-4-3-5-10-21)24-17-14-20-8-6-7-11-23(20)26(24)30-29(32)34-25/h3-13,15-16,18,27H,14,17H2,1-2H3/b25-18-/t27-/m0/s1. The maximum Gasteiger partial charge on any atom is 0.271 e. The van der Waals surface area contributed by atoms with Gasteiger partial charge in [0.05, 0.1) is 16.3 Å². The van der Waals surface area contributed by atoms with Gasteiger partial charge in [-0.25, -0.2) is 4.99 Å². The van der Waals surface area contributed by atoms with E-state index in [2.05, 4.69) is 77.7 Å². The highest BCUT2D eigenvalue weighted by atomic mass is 32.1. The summed E-state index contributed by atoms with van der Waals surface area (Å²) >= 11 is 1.48. The molecule has 2 aliphatic rings. The van der Waals surface area contributed by atoms with Crippen LogP contribution < -0.4 is 19.8 Å². The zero-order valence-corrected chi connectivity index (χ0v) is 20.0. The molecule has 0 N–H and O–H groups in total. The van der Waals surface area contributed by atoms with Crippen molar-refractivity contribution in [2.24, 2.45) is 4.99 Å². The maximum atomic E-state index is 13.7. The van der Waals surface area contributed by atoms with E-state index >= 15 is 0 Å². The molecule has 6 rings (SSSR count). The van der Waals surface area contributed by atoms with Crippen LogP contribution in [0.1, 0.15) is 34.7 Å². The second-order valence-electron chi connectivity index (χ2n) is 9.01. The number of hydrogen-bond donors (Lipinski definition) is 0. The van der Waals surface area contributed by atoms with Crippen molar-refractivity contribution in [1.82, 2.24) is 4.57 Å². The van der Waals surface area contributed by atoms with E-state index in [0.29, 0.717) is 4.53 Å². The summed E-state index contributed by atoms with van der Waals surface area (Å²) in [6, 6.07) is 27.0. The number of anilines is 1. The van der Waals surface area contributed by atoms with Gasteiger partial charge in [0.25, 0.3) is 5.56 Å². The van der Waals surface area contributed by atoms with Crippen molar-refractivity contribution < 1.29 is 0 Å². The molecule has 0 spiro atoms. The number of nitrogens with zero attached hydrogens (tertiary/aromatic N) is 3. The molecule has 0 saturated heterocycles. The van der Waals surface area contributed by atoms with E-state index in [0.717, 1.165) is 40.2 Å². The molecule has 5 heteroatoms. The Balaban J connectivity index is 1.57. The van der Waals surface area contributed by atoms with Gasteiger partial charge >= 0.3 is 0 Å². The van der Waals surface area contributed by atoms with Crippen molar-refractivity contribution in [2.45, 2.75) is 18.9 Å². The lowest BCUT2D eigenvalue weighted by molar-refractivity contribution is 0.585. The molecule has 4 aromatic rings. The Bertz CT molecular complexity index is 1590. The minimum absolute atomic E-state index is 0.0275. The van der Waals surface area contributed by atoms with Crippen LogP contribution in [0.2, 0.25) is 0 Å². The van der Waals surface area contributed by atoms with Gasteiger partial charge < -0.3 is 4.90 Å². The zero-order valence-electron chi connectivity index (χ0n) is 19.2. The smallest absolute Gasteiger partial charge is 0.271 e. The Morgan fingerprint density at radius 3 is 2.44 bits per heavy atom. The summed E-state index contributed by atoms with van der Waals surface area (Å²) in [5, 5.41) is 0. The molecule has 1 aromatic heterocycles. The molecule has 34 heavy (non-hydrogen) atoms. The average molecular weight is 464 g/mol. The molecule has 0 amide bonds. The van der Waals surface area contributed by atoms with Crippen LogP contribution in [0.3, 0.4) is 0 Å². The van der Waals surface area contributed by atoms with E-state index < -0.39 is 0 Å². The molecular weight excluding hydrogens is 438 g/mol. The van der Waals surface area contributed by atoms with Crippen molar-refractivity contribution in [3.63, 3.8) is 0 Å². The van der Waals surface area contributed by atoms with Crippen LogP contribution in [-0.4, -0.2) is 18.7 Å². The topological polar surface area (TPSA) is 37.6 Å². The lowest BCUT2D eigenvalue weighted by atomic mass is 9.83.